The van der Waals surface area contributed by atoms with E-state index in [9.17, 15) is 0 Å². The normalized spacial score (nSPS) is 12.1. The molecule has 2 heterocycles. The van der Waals surface area contributed by atoms with Crippen molar-refractivity contribution in [3.05, 3.63) is 34.1 Å². The van der Waals surface area contributed by atoms with Gasteiger partial charge < -0.3 is 9.88 Å². The maximum Gasteiger partial charge on any atom is 0.215 e. The Labute approximate surface area is 133 Å². The Morgan fingerprint density at radius 3 is 2.76 bits per heavy atom. The average molecular weight is 349 g/mol. The lowest BCUT2D eigenvalue weighted by atomic mass is 10.0. The quantitative estimate of drug-likeness (QED) is 0.783. The molecule has 0 amide bonds. The highest BCUT2D eigenvalue weighted by Crippen LogP contribution is 2.29. The van der Waals surface area contributed by atoms with Crippen molar-refractivity contribution in [3.8, 4) is 0 Å². The number of aryl methyl sites for hydroxylation is 1. The minimum absolute atomic E-state index is 0.522. The van der Waals surface area contributed by atoms with E-state index in [2.05, 4.69) is 69.3 Å². The molecule has 3 rings (SSSR count). The molecular formula is C16H21BrN4. The predicted molar refractivity (Wildman–Crippen MR) is 91.1 cm³/mol. The number of benzene rings is 1. The molecule has 3 aromatic rings. The lowest BCUT2D eigenvalue weighted by Gasteiger charge is -2.05. The van der Waals surface area contributed by atoms with E-state index in [1.54, 1.807) is 0 Å². The molecule has 1 N–H and O–H groups in total. The van der Waals surface area contributed by atoms with E-state index in [4.69, 9.17) is 4.98 Å². The van der Waals surface area contributed by atoms with Crippen LogP contribution in [0.5, 0.6) is 0 Å². The fourth-order valence-corrected chi connectivity index (χ4v) is 3.58. The first-order chi connectivity index (χ1) is 10.0. The number of halogens is 1. The lowest BCUT2D eigenvalue weighted by molar-refractivity contribution is 0.741. The molecule has 2 aromatic heterocycles. The molecule has 0 saturated carbocycles. The molecule has 21 heavy (non-hydrogen) atoms. The second-order valence-corrected chi connectivity index (χ2v) is 6.55. The van der Waals surface area contributed by atoms with E-state index in [0.717, 1.165) is 34.4 Å². The van der Waals surface area contributed by atoms with Crippen LogP contribution in [0, 0.1) is 0 Å². The summed E-state index contributed by atoms with van der Waals surface area (Å²) in [6, 6.07) is 6.58. The summed E-state index contributed by atoms with van der Waals surface area (Å²) in [7, 11) is 4.06. The third-order valence-electron chi connectivity index (χ3n) is 4.08. The molecule has 0 atom stereocenters. The number of likely N-dealkylation sites (N-methyl/N-ethyl adjacent to an activating group) is 1. The molecule has 0 fully saturated rings. The van der Waals surface area contributed by atoms with Gasteiger partial charge in [-0.15, -0.1) is 0 Å². The van der Waals surface area contributed by atoms with Crippen molar-refractivity contribution in [2.45, 2.75) is 26.2 Å². The number of nitrogens with zero attached hydrogens (tertiary/aromatic N) is 3. The largest absolute Gasteiger partial charge is 0.319 e. The van der Waals surface area contributed by atoms with Gasteiger partial charge in [0.25, 0.3) is 0 Å². The van der Waals surface area contributed by atoms with Crippen LogP contribution in [0.25, 0.3) is 16.8 Å². The number of hydrogen-bond donors (Lipinski definition) is 1. The zero-order chi connectivity index (χ0) is 15.1. The molecule has 4 nitrogen and oxygen atoms in total. The standard InChI is InChI=1S/C16H21BrN4/c1-10(2)11-5-6-13-12(9-11)19-16-20(4)14(7-8-18-3)15(17)21(13)16/h5-6,9-10,18H,7-8H2,1-4H3. The monoisotopic (exact) mass is 348 g/mol. The van der Waals surface area contributed by atoms with Crippen LogP contribution in [-0.2, 0) is 13.5 Å². The third-order valence-corrected chi connectivity index (χ3v) is 4.89. The van der Waals surface area contributed by atoms with Gasteiger partial charge in [-0.1, -0.05) is 19.9 Å². The molecule has 0 radical (unpaired) electrons. The zero-order valence-electron chi connectivity index (χ0n) is 12.9. The van der Waals surface area contributed by atoms with Crippen LogP contribution in [0.4, 0.5) is 0 Å². The fraction of sp³-hybridized carbons (Fsp3) is 0.438. The molecular weight excluding hydrogens is 328 g/mol. The average Bonchev–Trinajstić information content (AvgIpc) is 2.94. The minimum Gasteiger partial charge on any atom is -0.319 e. The smallest absolute Gasteiger partial charge is 0.215 e. The highest BCUT2D eigenvalue weighted by Gasteiger charge is 2.17. The van der Waals surface area contributed by atoms with Crippen molar-refractivity contribution >= 4 is 32.7 Å². The van der Waals surface area contributed by atoms with Crippen molar-refractivity contribution in [2.75, 3.05) is 13.6 Å². The van der Waals surface area contributed by atoms with Crippen LogP contribution < -0.4 is 5.32 Å². The Balaban J connectivity index is 2.22. The molecule has 0 aliphatic carbocycles. The second-order valence-electron chi connectivity index (χ2n) is 5.80. The Kier molecular flexibility index (Phi) is 3.80. The Morgan fingerprint density at radius 2 is 2.10 bits per heavy atom. The van der Waals surface area contributed by atoms with E-state index in [1.807, 2.05) is 7.05 Å². The molecule has 0 saturated heterocycles. The summed E-state index contributed by atoms with van der Waals surface area (Å²) in [6.07, 6.45) is 0.975. The maximum atomic E-state index is 4.82. The van der Waals surface area contributed by atoms with Gasteiger partial charge in [-0.05, 0) is 46.6 Å². The summed E-state index contributed by atoms with van der Waals surface area (Å²) in [4.78, 5) is 4.82. The van der Waals surface area contributed by atoms with Gasteiger partial charge in [0.2, 0.25) is 5.78 Å². The van der Waals surface area contributed by atoms with E-state index in [1.165, 1.54) is 11.3 Å². The summed E-state index contributed by atoms with van der Waals surface area (Å²) in [6.45, 7) is 5.38. The summed E-state index contributed by atoms with van der Waals surface area (Å²) >= 11 is 3.75. The zero-order valence-corrected chi connectivity index (χ0v) is 14.5. The SMILES string of the molecule is CNCCc1c(Br)n2c3ccc(C(C)C)cc3nc2n1C. The van der Waals surface area contributed by atoms with Crippen molar-refractivity contribution in [2.24, 2.45) is 7.05 Å². The van der Waals surface area contributed by atoms with Gasteiger partial charge in [-0.2, -0.15) is 0 Å². The van der Waals surface area contributed by atoms with E-state index in [-0.39, 0.29) is 0 Å². The van der Waals surface area contributed by atoms with Crippen LogP contribution in [0.15, 0.2) is 22.8 Å². The molecule has 0 spiro atoms. The van der Waals surface area contributed by atoms with Gasteiger partial charge in [-0.3, -0.25) is 4.40 Å². The molecule has 112 valence electrons. The van der Waals surface area contributed by atoms with Crippen LogP contribution in [-0.4, -0.2) is 27.5 Å². The lowest BCUT2D eigenvalue weighted by Crippen LogP contribution is -2.12. The van der Waals surface area contributed by atoms with Gasteiger partial charge in [0.05, 0.1) is 16.7 Å². The van der Waals surface area contributed by atoms with Gasteiger partial charge >= 0.3 is 0 Å². The maximum absolute atomic E-state index is 4.82. The minimum atomic E-state index is 0.522. The van der Waals surface area contributed by atoms with E-state index < -0.39 is 0 Å². The summed E-state index contributed by atoms with van der Waals surface area (Å²) < 4.78 is 5.48. The molecule has 0 aliphatic rings. The van der Waals surface area contributed by atoms with Crippen LogP contribution >= 0.6 is 15.9 Å². The van der Waals surface area contributed by atoms with Crippen molar-refractivity contribution in [3.63, 3.8) is 0 Å². The first-order valence-electron chi connectivity index (χ1n) is 7.34. The highest BCUT2D eigenvalue weighted by molar-refractivity contribution is 9.10. The van der Waals surface area contributed by atoms with E-state index in [0.29, 0.717) is 5.92 Å². The topological polar surface area (TPSA) is 34.3 Å². The van der Waals surface area contributed by atoms with Gasteiger partial charge in [0.1, 0.15) is 4.60 Å². The number of aromatic nitrogens is 3. The van der Waals surface area contributed by atoms with Gasteiger partial charge in [0, 0.05) is 20.0 Å². The molecule has 0 bridgehead atoms. The van der Waals surface area contributed by atoms with Crippen molar-refractivity contribution in [1.29, 1.82) is 0 Å². The Bertz CT molecular complexity index is 798. The van der Waals surface area contributed by atoms with Crippen LogP contribution in [0.1, 0.15) is 31.0 Å². The molecule has 0 unspecified atom stereocenters. The van der Waals surface area contributed by atoms with Gasteiger partial charge in [-0.25, -0.2) is 4.98 Å². The first kappa shape index (κ1) is 14.6. The molecule has 1 aromatic carbocycles. The number of rotatable bonds is 4. The predicted octanol–water partition coefficient (Wildman–Crippen LogP) is 3.47. The highest BCUT2D eigenvalue weighted by atomic mass is 79.9. The number of nitrogens with one attached hydrogen (secondary N) is 1. The summed E-state index contributed by atoms with van der Waals surface area (Å²) in [5.41, 5.74) is 4.82. The number of imidazole rings is 2. The van der Waals surface area contributed by atoms with Crippen molar-refractivity contribution in [1.82, 2.24) is 19.3 Å². The number of fused-ring (bicyclic) bond motifs is 3. The molecule has 5 heteroatoms. The van der Waals surface area contributed by atoms with Gasteiger partial charge in [0.15, 0.2) is 0 Å². The Hall–Kier alpha value is -1.33. The van der Waals surface area contributed by atoms with Crippen molar-refractivity contribution < 1.29 is 0 Å². The van der Waals surface area contributed by atoms with Crippen LogP contribution in [0.2, 0.25) is 0 Å². The fourth-order valence-electron chi connectivity index (χ4n) is 2.76. The first-order valence-corrected chi connectivity index (χ1v) is 8.13. The second kappa shape index (κ2) is 5.46. The summed E-state index contributed by atoms with van der Waals surface area (Å²) in [5, 5.41) is 3.20. The van der Waals surface area contributed by atoms with E-state index >= 15 is 0 Å². The summed E-state index contributed by atoms with van der Waals surface area (Å²) in [5.74, 6) is 1.51. The third kappa shape index (κ3) is 2.28. The Morgan fingerprint density at radius 1 is 1.33 bits per heavy atom. The molecule has 0 aliphatic heterocycles. The van der Waals surface area contributed by atoms with Crippen LogP contribution in [0.3, 0.4) is 0 Å². The number of hydrogen-bond acceptors (Lipinski definition) is 2.